The molecule has 0 unspecified atom stereocenters. The number of nitrogens with zero attached hydrogens (tertiary/aromatic N) is 6. The highest BCUT2D eigenvalue weighted by molar-refractivity contribution is 5.67. The maximum atomic E-state index is 4.93. The van der Waals surface area contributed by atoms with Gasteiger partial charge in [0.1, 0.15) is 11.6 Å². The zero-order valence-corrected chi connectivity index (χ0v) is 25.1. The van der Waals surface area contributed by atoms with Crippen molar-refractivity contribution in [3.05, 3.63) is 132 Å². The van der Waals surface area contributed by atoms with E-state index in [9.17, 15) is 0 Å². The molecule has 6 aromatic rings. The Hall–Kier alpha value is -5.10. The fourth-order valence-electron chi connectivity index (χ4n) is 6.46. The van der Waals surface area contributed by atoms with Gasteiger partial charge in [-0.05, 0) is 37.8 Å². The minimum absolute atomic E-state index is 0.0380. The predicted octanol–water partition coefficient (Wildman–Crippen LogP) is 8.59. The Labute approximate surface area is 258 Å². The van der Waals surface area contributed by atoms with Gasteiger partial charge in [-0.15, -0.1) is 0 Å². The van der Waals surface area contributed by atoms with E-state index in [1.165, 1.54) is 30.4 Å². The van der Waals surface area contributed by atoms with Gasteiger partial charge in [0, 0.05) is 27.7 Å². The van der Waals surface area contributed by atoms with E-state index >= 15 is 0 Å². The summed E-state index contributed by atoms with van der Waals surface area (Å²) in [7, 11) is 0. The highest BCUT2D eigenvalue weighted by Crippen LogP contribution is 2.45. The van der Waals surface area contributed by atoms with Gasteiger partial charge in [-0.25, -0.2) is 29.9 Å². The molecular weight excluding hydrogens is 540 g/mol. The predicted molar refractivity (Wildman–Crippen MR) is 175 cm³/mol. The molecule has 4 aromatic carbocycles. The van der Waals surface area contributed by atoms with Crippen LogP contribution in [0.2, 0.25) is 0 Å². The molecule has 1 saturated carbocycles. The van der Waals surface area contributed by atoms with Crippen molar-refractivity contribution in [2.45, 2.75) is 51.4 Å². The topological polar surface area (TPSA) is 77.3 Å². The van der Waals surface area contributed by atoms with E-state index in [0.29, 0.717) is 17.5 Å². The third-order valence-electron chi connectivity index (χ3n) is 8.66. The summed E-state index contributed by atoms with van der Waals surface area (Å²) in [4.78, 5) is 28.2. The Morgan fingerprint density at radius 1 is 0.386 bits per heavy atom. The van der Waals surface area contributed by atoms with Crippen LogP contribution in [0.3, 0.4) is 0 Å². The molecule has 6 nitrogen and oxygen atoms in total. The lowest BCUT2D eigenvalue weighted by Crippen LogP contribution is -2.30. The van der Waals surface area contributed by atoms with Gasteiger partial charge in [-0.3, -0.25) is 0 Å². The van der Waals surface area contributed by atoms with Crippen LogP contribution in [-0.4, -0.2) is 29.9 Å². The molecule has 0 amide bonds. The van der Waals surface area contributed by atoms with Gasteiger partial charge < -0.3 is 0 Å². The van der Waals surface area contributed by atoms with Crippen LogP contribution in [0.25, 0.3) is 45.6 Å². The highest BCUT2D eigenvalue weighted by atomic mass is 15.0. The van der Waals surface area contributed by atoms with Crippen LogP contribution < -0.4 is 0 Å². The first-order valence-electron chi connectivity index (χ1n) is 15.4. The average molecular weight is 575 g/mol. The van der Waals surface area contributed by atoms with Crippen LogP contribution in [0.4, 0.5) is 0 Å². The van der Waals surface area contributed by atoms with Crippen molar-refractivity contribution in [1.29, 1.82) is 0 Å². The molecule has 0 bridgehead atoms. The van der Waals surface area contributed by atoms with E-state index < -0.39 is 0 Å². The van der Waals surface area contributed by atoms with Gasteiger partial charge in [0.15, 0.2) is 23.3 Å². The molecule has 1 aliphatic carbocycles. The van der Waals surface area contributed by atoms with Crippen molar-refractivity contribution in [2.24, 2.45) is 0 Å². The quantitative estimate of drug-likeness (QED) is 0.198. The molecule has 0 spiro atoms. The summed E-state index contributed by atoms with van der Waals surface area (Å²) in [6, 6.07) is 38.0. The lowest BCUT2D eigenvalue weighted by molar-refractivity contribution is 0.346. The summed E-state index contributed by atoms with van der Waals surface area (Å²) in [5, 5.41) is 0. The van der Waals surface area contributed by atoms with E-state index in [1.807, 2.05) is 74.5 Å². The molecule has 6 heteroatoms. The van der Waals surface area contributed by atoms with Gasteiger partial charge >= 0.3 is 0 Å². The van der Waals surface area contributed by atoms with Crippen molar-refractivity contribution in [1.82, 2.24) is 29.9 Å². The molecule has 1 aliphatic rings. The molecule has 0 radical (unpaired) electrons. The summed E-state index contributed by atoms with van der Waals surface area (Å²) >= 11 is 0. The van der Waals surface area contributed by atoms with Crippen LogP contribution in [0.1, 0.15) is 54.9 Å². The van der Waals surface area contributed by atoms with Crippen molar-refractivity contribution < 1.29 is 0 Å². The number of aromatic nitrogens is 6. The SMILES string of the molecule is Cc1nc(C)nc(-c2ccc(C3(c4ccc(-c5nc(-c6ccccc6)nc(-c6ccccc6)n5)cc4)CCCCC3)cc2)n1. The van der Waals surface area contributed by atoms with Gasteiger partial charge in [-0.1, -0.05) is 128 Å². The van der Waals surface area contributed by atoms with E-state index in [0.717, 1.165) is 52.6 Å². The lowest BCUT2D eigenvalue weighted by Gasteiger charge is -2.39. The minimum atomic E-state index is -0.0380. The number of rotatable bonds is 6. The number of aryl methyl sites for hydroxylation is 2. The number of hydrogen-bond acceptors (Lipinski definition) is 6. The Bertz CT molecular complexity index is 1800. The van der Waals surface area contributed by atoms with Crippen molar-refractivity contribution in [2.75, 3.05) is 0 Å². The van der Waals surface area contributed by atoms with Gasteiger partial charge in [0.05, 0.1) is 0 Å². The monoisotopic (exact) mass is 574 g/mol. The smallest absolute Gasteiger partial charge is 0.164 e. The maximum absolute atomic E-state index is 4.93. The Balaban J connectivity index is 1.26. The Morgan fingerprint density at radius 3 is 1.16 bits per heavy atom. The standard InChI is InChI=1S/C38H34N6/c1-26-39-27(2)41-34(40-26)30-16-20-32(21-17-30)38(24-10-5-11-25-38)33-22-18-31(19-23-33)37-43-35(28-12-6-3-7-13-28)42-36(44-37)29-14-8-4-9-15-29/h3-4,6-9,12-23H,5,10-11,24-25H2,1-2H3. The van der Waals surface area contributed by atoms with E-state index in [2.05, 4.69) is 63.5 Å². The largest absolute Gasteiger partial charge is 0.219 e. The average Bonchev–Trinajstić information content (AvgIpc) is 3.09. The van der Waals surface area contributed by atoms with Crippen molar-refractivity contribution in [3.8, 4) is 45.6 Å². The van der Waals surface area contributed by atoms with E-state index in [-0.39, 0.29) is 5.41 Å². The third kappa shape index (κ3) is 5.51. The second-order valence-corrected chi connectivity index (χ2v) is 11.6. The molecular formula is C38H34N6. The second kappa shape index (κ2) is 11.9. The zero-order chi connectivity index (χ0) is 29.9. The van der Waals surface area contributed by atoms with E-state index in [4.69, 9.17) is 15.0 Å². The molecule has 2 aromatic heterocycles. The summed E-state index contributed by atoms with van der Waals surface area (Å²) in [5.74, 6) is 4.23. The maximum Gasteiger partial charge on any atom is 0.164 e. The number of benzene rings is 4. The molecule has 2 heterocycles. The molecule has 1 fully saturated rings. The molecule has 44 heavy (non-hydrogen) atoms. The van der Waals surface area contributed by atoms with Gasteiger partial charge in [0.25, 0.3) is 0 Å². The molecule has 7 rings (SSSR count). The first kappa shape index (κ1) is 27.7. The Morgan fingerprint density at radius 2 is 0.750 bits per heavy atom. The molecule has 216 valence electrons. The lowest BCUT2D eigenvalue weighted by atomic mass is 9.65. The molecule has 0 atom stereocenters. The first-order valence-corrected chi connectivity index (χ1v) is 15.4. The van der Waals surface area contributed by atoms with Crippen LogP contribution in [0, 0.1) is 13.8 Å². The van der Waals surface area contributed by atoms with Crippen molar-refractivity contribution in [3.63, 3.8) is 0 Å². The van der Waals surface area contributed by atoms with Gasteiger partial charge in [0.2, 0.25) is 0 Å². The minimum Gasteiger partial charge on any atom is -0.219 e. The highest BCUT2D eigenvalue weighted by Gasteiger charge is 2.35. The molecule has 0 saturated heterocycles. The molecule has 0 aliphatic heterocycles. The van der Waals surface area contributed by atoms with Crippen LogP contribution in [0.15, 0.2) is 109 Å². The summed E-state index contributed by atoms with van der Waals surface area (Å²) in [6.45, 7) is 3.82. The second-order valence-electron chi connectivity index (χ2n) is 11.6. The van der Waals surface area contributed by atoms with Crippen LogP contribution >= 0.6 is 0 Å². The van der Waals surface area contributed by atoms with Crippen molar-refractivity contribution >= 4 is 0 Å². The first-order chi connectivity index (χ1) is 21.6. The van der Waals surface area contributed by atoms with Crippen LogP contribution in [0.5, 0.6) is 0 Å². The summed E-state index contributed by atoms with van der Waals surface area (Å²) < 4.78 is 0. The zero-order valence-electron chi connectivity index (χ0n) is 25.1. The Kier molecular flexibility index (Phi) is 7.49. The summed E-state index contributed by atoms with van der Waals surface area (Å²) in [5.41, 5.74) is 6.57. The van der Waals surface area contributed by atoms with Gasteiger partial charge in [-0.2, -0.15) is 0 Å². The fraction of sp³-hybridized carbons (Fsp3) is 0.211. The van der Waals surface area contributed by atoms with E-state index in [1.54, 1.807) is 0 Å². The fourth-order valence-corrected chi connectivity index (χ4v) is 6.46. The third-order valence-corrected chi connectivity index (χ3v) is 8.66. The van der Waals surface area contributed by atoms with Crippen LogP contribution in [-0.2, 0) is 5.41 Å². The normalized spacial score (nSPS) is 14.3. The number of hydrogen-bond donors (Lipinski definition) is 0. The molecule has 0 N–H and O–H groups in total. The summed E-state index contributed by atoms with van der Waals surface area (Å²) in [6.07, 6.45) is 5.94.